The highest BCUT2D eigenvalue weighted by Gasteiger charge is 2.14. The van der Waals surface area contributed by atoms with Crippen LogP contribution in [0.25, 0.3) is 5.82 Å². The van der Waals surface area contributed by atoms with Gasteiger partial charge in [0.05, 0.1) is 16.3 Å². The molecule has 0 bridgehead atoms. The van der Waals surface area contributed by atoms with Gasteiger partial charge in [0.25, 0.3) is 0 Å². The van der Waals surface area contributed by atoms with Crippen LogP contribution in [0.2, 0.25) is 5.02 Å². The van der Waals surface area contributed by atoms with Crippen LogP contribution in [-0.4, -0.2) is 25.8 Å². The summed E-state index contributed by atoms with van der Waals surface area (Å²) in [5, 5.41) is 13.6. The van der Waals surface area contributed by atoms with Crippen LogP contribution in [0.3, 0.4) is 0 Å². The zero-order valence-corrected chi connectivity index (χ0v) is 11.5. The number of carbonyl (C=O) groups is 1. The SMILES string of the molecule is CCc1cc(CC)n(-c2cc(C(=O)O)c(Cl)cn2)n1. The molecule has 0 atom stereocenters. The van der Waals surface area contributed by atoms with E-state index in [0.29, 0.717) is 5.82 Å². The minimum absolute atomic E-state index is 0.0299. The van der Waals surface area contributed by atoms with E-state index in [2.05, 4.69) is 10.1 Å². The van der Waals surface area contributed by atoms with Gasteiger partial charge in [-0.3, -0.25) is 0 Å². The Morgan fingerprint density at radius 3 is 2.68 bits per heavy atom. The van der Waals surface area contributed by atoms with Crippen LogP contribution in [0.1, 0.15) is 35.6 Å². The molecule has 0 aliphatic heterocycles. The van der Waals surface area contributed by atoms with E-state index in [1.807, 2.05) is 19.9 Å². The molecule has 19 heavy (non-hydrogen) atoms. The Labute approximate surface area is 115 Å². The molecule has 0 unspecified atom stereocenters. The summed E-state index contributed by atoms with van der Waals surface area (Å²) in [6.45, 7) is 4.03. The van der Waals surface area contributed by atoms with Gasteiger partial charge in [-0.25, -0.2) is 14.5 Å². The van der Waals surface area contributed by atoms with E-state index in [1.165, 1.54) is 12.3 Å². The third-order valence-corrected chi connectivity index (χ3v) is 3.15. The summed E-state index contributed by atoms with van der Waals surface area (Å²) in [4.78, 5) is 15.2. The number of hydrogen-bond acceptors (Lipinski definition) is 3. The molecule has 0 spiro atoms. The van der Waals surface area contributed by atoms with Gasteiger partial charge in [-0.1, -0.05) is 25.4 Å². The normalized spacial score (nSPS) is 10.7. The minimum Gasteiger partial charge on any atom is -0.478 e. The maximum atomic E-state index is 11.1. The van der Waals surface area contributed by atoms with E-state index in [4.69, 9.17) is 16.7 Å². The summed E-state index contributed by atoms with van der Waals surface area (Å²) < 4.78 is 1.67. The van der Waals surface area contributed by atoms with Crippen LogP contribution in [0.4, 0.5) is 0 Å². The van der Waals surface area contributed by atoms with Gasteiger partial charge >= 0.3 is 5.97 Å². The van der Waals surface area contributed by atoms with Gasteiger partial charge in [-0.15, -0.1) is 0 Å². The molecular formula is C13H14ClN3O2. The number of carboxylic acid groups (broad SMARTS) is 1. The lowest BCUT2D eigenvalue weighted by Gasteiger charge is -2.06. The molecule has 6 heteroatoms. The lowest BCUT2D eigenvalue weighted by Crippen LogP contribution is -2.07. The average Bonchev–Trinajstić information content (AvgIpc) is 2.82. The van der Waals surface area contributed by atoms with Gasteiger partial charge in [0.2, 0.25) is 0 Å². The number of hydrogen-bond donors (Lipinski definition) is 1. The van der Waals surface area contributed by atoms with Crippen LogP contribution in [0, 0.1) is 0 Å². The Kier molecular flexibility index (Phi) is 3.85. The van der Waals surface area contributed by atoms with Gasteiger partial charge in [-0.05, 0) is 25.0 Å². The maximum absolute atomic E-state index is 11.1. The Bertz CT molecular complexity index is 622. The first-order valence-electron chi connectivity index (χ1n) is 6.03. The topological polar surface area (TPSA) is 68.0 Å². The zero-order chi connectivity index (χ0) is 14.0. The Balaban J connectivity index is 2.55. The van der Waals surface area contributed by atoms with Gasteiger partial charge < -0.3 is 5.11 Å². The molecule has 0 aromatic carbocycles. The molecule has 0 aliphatic rings. The second kappa shape index (κ2) is 5.40. The number of aromatic nitrogens is 3. The van der Waals surface area contributed by atoms with E-state index in [-0.39, 0.29) is 10.6 Å². The lowest BCUT2D eigenvalue weighted by atomic mass is 10.2. The first kappa shape index (κ1) is 13.5. The lowest BCUT2D eigenvalue weighted by molar-refractivity contribution is 0.0697. The fraction of sp³-hybridized carbons (Fsp3) is 0.308. The number of halogens is 1. The first-order valence-corrected chi connectivity index (χ1v) is 6.41. The van der Waals surface area contributed by atoms with Crippen molar-refractivity contribution in [1.82, 2.24) is 14.8 Å². The summed E-state index contributed by atoms with van der Waals surface area (Å²) in [6.07, 6.45) is 2.95. The van der Waals surface area contributed by atoms with E-state index in [9.17, 15) is 4.79 Å². The Morgan fingerprint density at radius 2 is 2.11 bits per heavy atom. The molecule has 0 amide bonds. The van der Waals surface area contributed by atoms with Gasteiger partial charge in [-0.2, -0.15) is 5.10 Å². The molecule has 1 N–H and O–H groups in total. The molecule has 0 fully saturated rings. The number of nitrogens with zero attached hydrogens (tertiary/aromatic N) is 3. The molecule has 0 saturated heterocycles. The van der Waals surface area contributed by atoms with Crippen LogP contribution >= 0.6 is 11.6 Å². The largest absolute Gasteiger partial charge is 0.478 e. The van der Waals surface area contributed by atoms with Crippen molar-refractivity contribution >= 4 is 17.6 Å². The summed E-state index contributed by atoms with van der Waals surface area (Å²) >= 11 is 5.81. The average molecular weight is 280 g/mol. The molecule has 0 aliphatic carbocycles. The predicted octanol–water partition coefficient (Wildman–Crippen LogP) is 2.74. The molecule has 0 radical (unpaired) electrons. The fourth-order valence-electron chi connectivity index (χ4n) is 1.81. The number of rotatable bonds is 4. The van der Waals surface area contributed by atoms with E-state index < -0.39 is 5.97 Å². The van der Waals surface area contributed by atoms with Gasteiger partial charge in [0.15, 0.2) is 5.82 Å². The predicted molar refractivity (Wildman–Crippen MR) is 72.1 cm³/mol. The molecule has 0 saturated carbocycles. The molecular weight excluding hydrogens is 266 g/mol. The number of carboxylic acids is 1. The molecule has 2 heterocycles. The van der Waals surface area contributed by atoms with Crippen LogP contribution in [-0.2, 0) is 12.8 Å². The van der Waals surface area contributed by atoms with Crippen molar-refractivity contribution < 1.29 is 9.90 Å². The first-order chi connectivity index (χ1) is 9.06. The second-order valence-electron chi connectivity index (χ2n) is 4.07. The third-order valence-electron chi connectivity index (χ3n) is 2.85. The van der Waals surface area contributed by atoms with Gasteiger partial charge in [0, 0.05) is 11.9 Å². The third kappa shape index (κ3) is 2.61. The van der Waals surface area contributed by atoms with E-state index in [1.54, 1.807) is 4.68 Å². The van der Waals surface area contributed by atoms with Crippen molar-refractivity contribution in [2.24, 2.45) is 0 Å². The van der Waals surface area contributed by atoms with Crippen LogP contribution in [0.5, 0.6) is 0 Å². The van der Waals surface area contributed by atoms with Crippen molar-refractivity contribution in [1.29, 1.82) is 0 Å². The molecule has 2 aromatic heterocycles. The standard InChI is InChI=1S/C13H14ClN3O2/c1-3-8-5-9(4-2)17(16-8)12-6-10(13(18)19)11(14)7-15-12/h5-7H,3-4H2,1-2H3,(H,18,19). The van der Waals surface area contributed by atoms with Gasteiger partial charge in [0.1, 0.15) is 0 Å². The number of aromatic carboxylic acids is 1. The summed E-state index contributed by atoms with van der Waals surface area (Å²) in [5.41, 5.74) is 1.97. The van der Waals surface area contributed by atoms with Crippen molar-refractivity contribution in [3.63, 3.8) is 0 Å². The quantitative estimate of drug-likeness (QED) is 0.934. The smallest absolute Gasteiger partial charge is 0.337 e. The second-order valence-corrected chi connectivity index (χ2v) is 4.48. The summed E-state index contributed by atoms with van der Waals surface area (Å²) in [7, 11) is 0. The Hall–Kier alpha value is -1.88. The Morgan fingerprint density at radius 1 is 1.37 bits per heavy atom. The van der Waals surface area contributed by atoms with E-state index >= 15 is 0 Å². The fourth-order valence-corrected chi connectivity index (χ4v) is 1.99. The summed E-state index contributed by atoms with van der Waals surface area (Å²) in [6, 6.07) is 3.44. The van der Waals surface area contributed by atoms with Crippen molar-refractivity contribution in [3.05, 3.63) is 40.3 Å². The molecule has 5 nitrogen and oxygen atoms in total. The van der Waals surface area contributed by atoms with Crippen molar-refractivity contribution in [2.45, 2.75) is 26.7 Å². The van der Waals surface area contributed by atoms with Crippen LogP contribution in [0.15, 0.2) is 18.3 Å². The molecule has 2 rings (SSSR count). The van der Waals surface area contributed by atoms with Crippen LogP contribution < -0.4 is 0 Å². The van der Waals surface area contributed by atoms with Crippen molar-refractivity contribution in [3.8, 4) is 5.82 Å². The molecule has 2 aromatic rings. The number of aryl methyl sites for hydroxylation is 2. The summed E-state index contributed by atoms with van der Waals surface area (Å²) in [5.74, 6) is -0.604. The zero-order valence-electron chi connectivity index (χ0n) is 10.7. The number of pyridine rings is 1. The highest BCUT2D eigenvalue weighted by Crippen LogP contribution is 2.19. The molecule has 100 valence electrons. The van der Waals surface area contributed by atoms with Crippen molar-refractivity contribution in [2.75, 3.05) is 0 Å². The highest BCUT2D eigenvalue weighted by atomic mass is 35.5. The van der Waals surface area contributed by atoms with E-state index in [0.717, 1.165) is 24.2 Å². The highest BCUT2D eigenvalue weighted by molar-refractivity contribution is 6.33. The monoisotopic (exact) mass is 279 g/mol. The maximum Gasteiger partial charge on any atom is 0.337 e. The minimum atomic E-state index is -1.07.